The summed E-state index contributed by atoms with van der Waals surface area (Å²) in [6, 6.07) is 11.6. The van der Waals surface area contributed by atoms with Crippen LogP contribution < -0.4 is 10.6 Å². The van der Waals surface area contributed by atoms with Gasteiger partial charge in [0.25, 0.3) is 0 Å². The fraction of sp³-hybridized carbons (Fsp3) is 0.333. The predicted molar refractivity (Wildman–Crippen MR) is 87.6 cm³/mol. The van der Waals surface area contributed by atoms with Gasteiger partial charge in [0.1, 0.15) is 5.82 Å². The fourth-order valence-electron chi connectivity index (χ4n) is 2.43. The van der Waals surface area contributed by atoms with Crippen LogP contribution in [0.25, 0.3) is 0 Å². The van der Waals surface area contributed by atoms with Gasteiger partial charge < -0.3 is 10.6 Å². The summed E-state index contributed by atoms with van der Waals surface area (Å²) in [5.74, 6) is -0.208. The van der Waals surface area contributed by atoms with Crippen LogP contribution in [0, 0.1) is 12.7 Å². The molecule has 0 radical (unpaired) electrons. The Morgan fingerprint density at radius 2 is 1.81 bits per heavy atom. The normalized spacial score (nSPS) is 12.3. The summed E-state index contributed by atoms with van der Waals surface area (Å²) >= 11 is 0. The van der Waals surface area contributed by atoms with Gasteiger partial charge in [0.05, 0.1) is 0 Å². The van der Waals surface area contributed by atoms with Crippen LogP contribution in [-0.2, 0) is 6.42 Å². The number of hydrogen-bond donors (Lipinski definition) is 1. The van der Waals surface area contributed by atoms with E-state index in [-0.39, 0.29) is 11.9 Å². The summed E-state index contributed by atoms with van der Waals surface area (Å²) in [6.45, 7) is 5.79. The number of anilines is 2. The molecule has 0 spiro atoms. The summed E-state index contributed by atoms with van der Waals surface area (Å²) in [5.41, 5.74) is 10.8. The molecule has 1 unspecified atom stereocenters. The van der Waals surface area contributed by atoms with Crippen LogP contribution in [0.5, 0.6) is 0 Å². The van der Waals surface area contributed by atoms with Crippen molar-refractivity contribution in [1.29, 1.82) is 0 Å². The minimum Gasteiger partial charge on any atom is -0.344 e. The van der Waals surface area contributed by atoms with E-state index in [0.717, 1.165) is 23.4 Å². The van der Waals surface area contributed by atoms with Crippen molar-refractivity contribution in [2.45, 2.75) is 33.2 Å². The van der Waals surface area contributed by atoms with E-state index in [1.165, 1.54) is 5.56 Å². The molecular formula is C18H23FN2. The number of hydrogen-bond acceptors (Lipinski definition) is 2. The smallest absolute Gasteiger partial charge is 0.126 e. The van der Waals surface area contributed by atoms with Gasteiger partial charge in [-0.25, -0.2) is 4.39 Å². The third kappa shape index (κ3) is 3.24. The quantitative estimate of drug-likeness (QED) is 0.897. The highest BCUT2D eigenvalue weighted by Gasteiger charge is 2.15. The summed E-state index contributed by atoms with van der Waals surface area (Å²) in [7, 11) is 1.99. The standard InChI is InChI=1S/C18H23FN2/c1-5-14-6-8-15(9-7-14)21(4)18-10-12(2)17(19)11-16(18)13(3)20/h6-11,13H,5,20H2,1-4H3. The van der Waals surface area contributed by atoms with Gasteiger partial charge in [-0.15, -0.1) is 0 Å². The molecule has 2 aromatic rings. The van der Waals surface area contributed by atoms with Crippen LogP contribution in [0.15, 0.2) is 36.4 Å². The Morgan fingerprint density at radius 3 is 2.33 bits per heavy atom. The largest absolute Gasteiger partial charge is 0.344 e. The van der Waals surface area contributed by atoms with Crippen molar-refractivity contribution in [1.82, 2.24) is 0 Å². The third-order valence-electron chi connectivity index (χ3n) is 3.89. The molecule has 0 heterocycles. The zero-order valence-electron chi connectivity index (χ0n) is 13.2. The SMILES string of the molecule is CCc1ccc(N(C)c2cc(C)c(F)cc2C(C)N)cc1. The number of aryl methyl sites for hydroxylation is 2. The topological polar surface area (TPSA) is 29.3 Å². The second-order valence-corrected chi connectivity index (χ2v) is 5.53. The molecule has 0 aromatic heterocycles. The fourth-order valence-corrected chi connectivity index (χ4v) is 2.43. The minimum atomic E-state index is -0.215. The molecule has 2 rings (SSSR count). The van der Waals surface area contributed by atoms with E-state index in [9.17, 15) is 4.39 Å². The van der Waals surface area contributed by atoms with Gasteiger partial charge in [0.15, 0.2) is 0 Å². The Labute approximate surface area is 126 Å². The Kier molecular flexibility index (Phi) is 4.63. The summed E-state index contributed by atoms with van der Waals surface area (Å²) in [4.78, 5) is 2.06. The molecule has 2 N–H and O–H groups in total. The van der Waals surface area contributed by atoms with Gasteiger partial charge in [-0.05, 0) is 61.2 Å². The molecule has 0 aliphatic heterocycles. The lowest BCUT2D eigenvalue weighted by molar-refractivity contribution is 0.613. The highest BCUT2D eigenvalue weighted by atomic mass is 19.1. The van der Waals surface area contributed by atoms with Crippen molar-refractivity contribution >= 4 is 11.4 Å². The summed E-state index contributed by atoms with van der Waals surface area (Å²) in [6.07, 6.45) is 1.02. The molecule has 0 saturated carbocycles. The Bertz CT molecular complexity index is 618. The third-order valence-corrected chi connectivity index (χ3v) is 3.89. The van der Waals surface area contributed by atoms with Crippen molar-refractivity contribution in [2.75, 3.05) is 11.9 Å². The van der Waals surface area contributed by atoms with Gasteiger partial charge in [-0.1, -0.05) is 19.1 Å². The van der Waals surface area contributed by atoms with E-state index in [1.54, 1.807) is 13.0 Å². The van der Waals surface area contributed by atoms with E-state index in [0.29, 0.717) is 5.56 Å². The molecule has 2 nitrogen and oxygen atoms in total. The molecule has 112 valence electrons. The zero-order valence-corrected chi connectivity index (χ0v) is 13.2. The lowest BCUT2D eigenvalue weighted by Gasteiger charge is -2.25. The summed E-state index contributed by atoms with van der Waals surface area (Å²) < 4.78 is 13.8. The van der Waals surface area contributed by atoms with E-state index < -0.39 is 0 Å². The first kappa shape index (κ1) is 15.5. The number of halogens is 1. The predicted octanol–water partition coefficient (Wildman–Crippen LogP) is 4.48. The number of nitrogens with two attached hydrogens (primary N) is 1. The van der Waals surface area contributed by atoms with E-state index in [4.69, 9.17) is 5.73 Å². The lowest BCUT2D eigenvalue weighted by atomic mass is 10.0. The number of benzene rings is 2. The Hall–Kier alpha value is -1.87. The Morgan fingerprint density at radius 1 is 1.19 bits per heavy atom. The van der Waals surface area contributed by atoms with Crippen LogP contribution in [-0.4, -0.2) is 7.05 Å². The van der Waals surface area contributed by atoms with E-state index in [1.807, 2.05) is 20.0 Å². The number of rotatable bonds is 4. The first-order valence-corrected chi connectivity index (χ1v) is 7.32. The minimum absolute atomic E-state index is 0.208. The molecule has 21 heavy (non-hydrogen) atoms. The molecule has 0 fully saturated rings. The van der Waals surface area contributed by atoms with Crippen molar-refractivity contribution in [3.63, 3.8) is 0 Å². The molecule has 0 bridgehead atoms. The van der Waals surface area contributed by atoms with Crippen molar-refractivity contribution in [3.8, 4) is 0 Å². The maximum atomic E-state index is 13.8. The van der Waals surface area contributed by atoms with Crippen LogP contribution in [0.2, 0.25) is 0 Å². The monoisotopic (exact) mass is 286 g/mol. The van der Waals surface area contributed by atoms with Crippen LogP contribution in [0.1, 0.15) is 36.6 Å². The van der Waals surface area contributed by atoms with Crippen molar-refractivity contribution in [3.05, 3.63) is 58.9 Å². The van der Waals surface area contributed by atoms with E-state index >= 15 is 0 Å². The number of nitrogens with zero attached hydrogens (tertiary/aromatic N) is 1. The van der Waals surface area contributed by atoms with Gasteiger partial charge in [0, 0.05) is 24.5 Å². The average molecular weight is 286 g/mol. The first-order valence-electron chi connectivity index (χ1n) is 7.32. The molecule has 2 aromatic carbocycles. The van der Waals surface area contributed by atoms with E-state index in [2.05, 4.69) is 36.1 Å². The van der Waals surface area contributed by atoms with Crippen molar-refractivity contribution in [2.24, 2.45) is 5.73 Å². The lowest BCUT2D eigenvalue weighted by Crippen LogP contribution is -2.16. The second kappa shape index (κ2) is 6.27. The van der Waals surface area contributed by atoms with Crippen LogP contribution >= 0.6 is 0 Å². The zero-order chi connectivity index (χ0) is 15.6. The average Bonchev–Trinajstić information content (AvgIpc) is 2.48. The maximum absolute atomic E-state index is 13.8. The van der Waals surface area contributed by atoms with Crippen LogP contribution in [0.3, 0.4) is 0 Å². The molecule has 3 heteroatoms. The molecule has 0 saturated heterocycles. The summed E-state index contributed by atoms with van der Waals surface area (Å²) in [5, 5.41) is 0. The highest BCUT2D eigenvalue weighted by Crippen LogP contribution is 2.32. The molecule has 1 atom stereocenters. The van der Waals surface area contributed by atoms with Gasteiger partial charge in [-0.3, -0.25) is 0 Å². The first-order chi connectivity index (χ1) is 9.93. The molecule has 0 amide bonds. The Balaban J connectivity index is 2.45. The van der Waals surface area contributed by atoms with Crippen LogP contribution in [0.4, 0.5) is 15.8 Å². The van der Waals surface area contributed by atoms with Crippen molar-refractivity contribution < 1.29 is 4.39 Å². The molecule has 0 aliphatic rings. The molecular weight excluding hydrogens is 263 g/mol. The highest BCUT2D eigenvalue weighted by molar-refractivity contribution is 5.67. The van der Waals surface area contributed by atoms with Gasteiger partial charge in [-0.2, -0.15) is 0 Å². The second-order valence-electron chi connectivity index (χ2n) is 5.53. The van der Waals surface area contributed by atoms with Gasteiger partial charge >= 0.3 is 0 Å². The van der Waals surface area contributed by atoms with Gasteiger partial charge in [0.2, 0.25) is 0 Å². The molecule has 0 aliphatic carbocycles. The maximum Gasteiger partial charge on any atom is 0.126 e.